The molecular formula is C16H22N2O3. The minimum absolute atomic E-state index is 0.0845. The van der Waals surface area contributed by atoms with E-state index in [0.717, 1.165) is 30.5 Å². The maximum Gasteiger partial charge on any atom is 0.253 e. The summed E-state index contributed by atoms with van der Waals surface area (Å²) in [6.45, 7) is 3.34. The van der Waals surface area contributed by atoms with Gasteiger partial charge in [-0.15, -0.1) is 0 Å². The third kappa shape index (κ3) is 3.26. The monoisotopic (exact) mass is 290 g/mol. The van der Waals surface area contributed by atoms with Crippen LogP contribution in [0.2, 0.25) is 0 Å². The second kappa shape index (κ2) is 6.56. The highest BCUT2D eigenvalue weighted by molar-refractivity contribution is 5.94. The number of benzene rings is 1. The molecule has 0 spiro atoms. The van der Waals surface area contributed by atoms with Crippen molar-refractivity contribution in [3.8, 4) is 0 Å². The fraction of sp³-hybridized carbons (Fsp3) is 0.562. The molecule has 114 valence electrons. The Kier molecular flexibility index (Phi) is 4.53. The molecule has 2 N–H and O–H groups in total. The number of nitrogens with two attached hydrogens (primary N) is 1. The number of likely N-dealkylation sites (tertiary alicyclic amines) is 1. The van der Waals surface area contributed by atoms with Crippen molar-refractivity contribution < 1.29 is 14.3 Å². The highest BCUT2D eigenvalue weighted by Crippen LogP contribution is 2.25. The molecule has 2 aliphatic rings. The fourth-order valence-electron chi connectivity index (χ4n) is 3.03. The van der Waals surface area contributed by atoms with Crippen LogP contribution in [0.5, 0.6) is 0 Å². The van der Waals surface area contributed by atoms with Gasteiger partial charge < -0.3 is 20.1 Å². The van der Waals surface area contributed by atoms with Crippen molar-refractivity contribution in [3.63, 3.8) is 0 Å². The summed E-state index contributed by atoms with van der Waals surface area (Å²) in [5, 5.41) is 0. The van der Waals surface area contributed by atoms with Crippen molar-refractivity contribution in [1.29, 1.82) is 0 Å². The lowest BCUT2D eigenvalue weighted by molar-refractivity contribution is -0.0969. The van der Waals surface area contributed by atoms with Crippen LogP contribution in [0.4, 0.5) is 0 Å². The van der Waals surface area contributed by atoms with Gasteiger partial charge >= 0.3 is 0 Å². The summed E-state index contributed by atoms with van der Waals surface area (Å²) in [6, 6.07) is 7.54. The predicted molar refractivity (Wildman–Crippen MR) is 78.7 cm³/mol. The predicted octanol–water partition coefficient (Wildman–Crippen LogP) is 1.37. The Hall–Kier alpha value is -1.43. The Morgan fingerprint density at radius 1 is 1.24 bits per heavy atom. The molecule has 1 aromatic carbocycles. The van der Waals surface area contributed by atoms with E-state index in [1.807, 2.05) is 29.2 Å². The number of ether oxygens (including phenoxy) is 2. The molecule has 0 saturated carbocycles. The van der Waals surface area contributed by atoms with Gasteiger partial charge in [-0.05, 0) is 30.5 Å². The van der Waals surface area contributed by atoms with Crippen LogP contribution < -0.4 is 5.73 Å². The fourth-order valence-corrected chi connectivity index (χ4v) is 3.03. The molecule has 0 aliphatic carbocycles. The van der Waals surface area contributed by atoms with Crippen LogP contribution in [0.3, 0.4) is 0 Å². The average Bonchev–Trinajstić information content (AvgIpc) is 3.09. The number of amides is 1. The molecule has 2 fully saturated rings. The van der Waals surface area contributed by atoms with Crippen LogP contribution in [0.1, 0.15) is 28.8 Å². The molecule has 0 radical (unpaired) electrons. The van der Waals surface area contributed by atoms with Crippen LogP contribution in [0.15, 0.2) is 24.3 Å². The van der Waals surface area contributed by atoms with Gasteiger partial charge in [0.05, 0.1) is 13.2 Å². The highest BCUT2D eigenvalue weighted by Gasteiger charge is 2.32. The molecule has 2 heterocycles. The quantitative estimate of drug-likeness (QED) is 0.913. The van der Waals surface area contributed by atoms with Gasteiger partial charge in [-0.25, -0.2) is 0 Å². The SMILES string of the molecule is NCc1ccc(C(=O)N2CCCC(C3OCCO3)C2)cc1. The topological polar surface area (TPSA) is 64.8 Å². The maximum atomic E-state index is 12.6. The Labute approximate surface area is 125 Å². The Morgan fingerprint density at radius 2 is 1.95 bits per heavy atom. The van der Waals surface area contributed by atoms with Crippen LogP contribution >= 0.6 is 0 Å². The summed E-state index contributed by atoms with van der Waals surface area (Å²) < 4.78 is 11.2. The van der Waals surface area contributed by atoms with E-state index in [4.69, 9.17) is 15.2 Å². The first-order valence-corrected chi connectivity index (χ1v) is 7.59. The van der Waals surface area contributed by atoms with Crippen molar-refractivity contribution >= 4 is 5.91 Å². The van der Waals surface area contributed by atoms with E-state index in [2.05, 4.69) is 0 Å². The van der Waals surface area contributed by atoms with Gasteiger partial charge in [-0.2, -0.15) is 0 Å². The zero-order valence-electron chi connectivity index (χ0n) is 12.2. The lowest BCUT2D eigenvalue weighted by Crippen LogP contribution is -2.43. The van der Waals surface area contributed by atoms with Gasteiger partial charge in [0, 0.05) is 31.1 Å². The zero-order chi connectivity index (χ0) is 14.7. The van der Waals surface area contributed by atoms with Crippen molar-refractivity contribution in [2.75, 3.05) is 26.3 Å². The minimum atomic E-state index is -0.139. The van der Waals surface area contributed by atoms with Crippen LogP contribution in [0.25, 0.3) is 0 Å². The van der Waals surface area contributed by atoms with Gasteiger partial charge in [0.25, 0.3) is 5.91 Å². The Morgan fingerprint density at radius 3 is 2.62 bits per heavy atom. The van der Waals surface area contributed by atoms with E-state index in [1.165, 1.54) is 0 Å². The van der Waals surface area contributed by atoms with Gasteiger partial charge in [-0.3, -0.25) is 4.79 Å². The van der Waals surface area contributed by atoms with E-state index in [0.29, 0.717) is 26.3 Å². The molecule has 5 heteroatoms. The van der Waals surface area contributed by atoms with E-state index in [9.17, 15) is 4.79 Å². The summed E-state index contributed by atoms with van der Waals surface area (Å²) in [7, 11) is 0. The van der Waals surface area contributed by atoms with Gasteiger partial charge in [0.1, 0.15) is 0 Å². The molecule has 5 nitrogen and oxygen atoms in total. The summed E-state index contributed by atoms with van der Waals surface area (Å²) >= 11 is 0. The van der Waals surface area contributed by atoms with Crippen molar-refractivity contribution in [1.82, 2.24) is 4.90 Å². The molecule has 0 aromatic heterocycles. The first-order chi connectivity index (χ1) is 10.3. The van der Waals surface area contributed by atoms with Crippen LogP contribution in [-0.4, -0.2) is 43.4 Å². The molecule has 1 aromatic rings. The number of rotatable bonds is 3. The molecule has 21 heavy (non-hydrogen) atoms. The first-order valence-electron chi connectivity index (χ1n) is 7.59. The van der Waals surface area contributed by atoms with Crippen LogP contribution in [0, 0.1) is 5.92 Å². The number of hydrogen-bond donors (Lipinski definition) is 1. The summed E-state index contributed by atoms with van der Waals surface area (Å²) in [5.74, 6) is 0.370. The summed E-state index contributed by atoms with van der Waals surface area (Å²) in [6.07, 6.45) is 1.92. The number of piperidine rings is 1. The highest BCUT2D eigenvalue weighted by atomic mass is 16.7. The van der Waals surface area contributed by atoms with Gasteiger partial charge in [0.15, 0.2) is 6.29 Å². The molecule has 2 saturated heterocycles. The molecule has 1 atom stereocenters. The zero-order valence-corrected chi connectivity index (χ0v) is 12.2. The lowest BCUT2D eigenvalue weighted by atomic mass is 9.96. The number of nitrogens with zero attached hydrogens (tertiary/aromatic N) is 1. The van der Waals surface area contributed by atoms with Crippen molar-refractivity contribution in [3.05, 3.63) is 35.4 Å². The molecule has 2 aliphatic heterocycles. The largest absolute Gasteiger partial charge is 0.350 e. The van der Waals surface area contributed by atoms with E-state index in [1.54, 1.807) is 0 Å². The van der Waals surface area contributed by atoms with Crippen LogP contribution in [-0.2, 0) is 16.0 Å². The smallest absolute Gasteiger partial charge is 0.253 e. The van der Waals surface area contributed by atoms with E-state index < -0.39 is 0 Å². The second-order valence-electron chi connectivity index (χ2n) is 5.66. The standard InChI is InChI=1S/C16H22N2O3/c17-10-12-3-5-13(6-4-12)15(19)18-7-1-2-14(11-18)16-20-8-9-21-16/h3-6,14,16H,1-2,7-11,17H2. The Bertz CT molecular complexity index is 483. The minimum Gasteiger partial charge on any atom is -0.350 e. The molecule has 3 rings (SSSR count). The number of carbonyl (C=O) groups is 1. The van der Waals surface area contributed by atoms with Crippen molar-refractivity contribution in [2.24, 2.45) is 11.7 Å². The molecule has 1 amide bonds. The second-order valence-corrected chi connectivity index (χ2v) is 5.66. The summed E-state index contributed by atoms with van der Waals surface area (Å²) in [4.78, 5) is 14.5. The average molecular weight is 290 g/mol. The van der Waals surface area contributed by atoms with Gasteiger partial charge in [-0.1, -0.05) is 12.1 Å². The van der Waals surface area contributed by atoms with Crippen molar-refractivity contribution in [2.45, 2.75) is 25.7 Å². The summed E-state index contributed by atoms with van der Waals surface area (Å²) in [5.41, 5.74) is 7.34. The Balaban J connectivity index is 1.65. The third-order valence-electron chi connectivity index (χ3n) is 4.21. The third-order valence-corrected chi connectivity index (χ3v) is 4.21. The van der Waals surface area contributed by atoms with E-state index >= 15 is 0 Å². The van der Waals surface area contributed by atoms with Gasteiger partial charge in [0.2, 0.25) is 0 Å². The lowest BCUT2D eigenvalue weighted by Gasteiger charge is -2.34. The maximum absolute atomic E-state index is 12.6. The molecule has 0 bridgehead atoms. The molecule has 1 unspecified atom stereocenters. The normalized spacial score (nSPS) is 23.5. The first kappa shape index (κ1) is 14.5. The molecular weight excluding hydrogens is 268 g/mol. The number of carbonyl (C=O) groups excluding carboxylic acids is 1. The number of hydrogen-bond acceptors (Lipinski definition) is 4. The van der Waals surface area contributed by atoms with E-state index in [-0.39, 0.29) is 18.1 Å².